The topological polar surface area (TPSA) is 86.9 Å². The van der Waals surface area contributed by atoms with Crippen LogP contribution >= 0.6 is 0 Å². The van der Waals surface area contributed by atoms with Crippen LogP contribution in [0.5, 0.6) is 0 Å². The second kappa shape index (κ2) is 5.41. The van der Waals surface area contributed by atoms with E-state index in [9.17, 15) is 4.79 Å². The van der Waals surface area contributed by atoms with Crippen molar-refractivity contribution in [3.63, 3.8) is 0 Å². The lowest BCUT2D eigenvalue weighted by Gasteiger charge is -2.08. The average Bonchev–Trinajstić information content (AvgIpc) is 2.99. The molecule has 0 radical (unpaired) electrons. The van der Waals surface area contributed by atoms with Crippen LogP contribution in [0.15, 0.2) is 57.7 Å². The van der Waals surface area contributed by atoms with Crippen molar-refractivity contribution in [2.24, 2.45) is 7.05 Å². The molecule has 3 aromatic heterocycles. The number of hydrogen-bond acceptors (Lipinski definition) is 5. The molecular formula is C21H16N4O2. The van der Waals surface area contributed by atoms with Gasteiger partial charge in [-0.2, -0.15) is 4.98 Å². The van der Waals surface area contributed by atoms with Crippen molar-refractivity contribution in [1.29, 1.82) is 0 Å². The molecule has 0 spiro atoms. The number of benzene rings is 2. The Labute approximate surface area is 153 Å². The van der Waals surface area contributed by atoms with Gasteiger partial charge in [0.1, 0.15) is 17.2 Å². The van der Waals surface area contributed by atoms with Gasteiger partial charge in [0.15, 0.2) is 0 Å². The van der Waals surface area contributed by atoms with Gasteiger partial charge in [0, 0.05) is 7.05 Å². The molecule has 6 nitrogen and oxygen atoms in total. The van der Waals surface area contributed by atoms with Gasteiger partial charge in [-0.1, -0.05) is 23.8 Å². The van der Waals surface area contributed by atoms with Gasteiger partial charge in [0.2, 0.25) is 11.1 Å². The van der Waals surface area contributed by atoms with E-state index in [-0.39, 0.29) is 17.0 Å². The smallest absolute Gasteiger partial charge is 0.232 e. The van der Waals surface area contributed by atoms with E-state index in [4.69, 9.17) is 10.2 Å². The van der Waals surface area contributed by atoms with Crippen molar-refractivity contribution in [1.82, 2.24) is 14.5 Å². The predicted octanol–water partition coefficient (Wildman–Crippen LogP) is 3.79. The molecule has 0 saturated carbocycles. The fourth-order valence-electron chi connectivity index (χ4n) is 3.48. The largest absolute Gasteiger partial charge is 0.437 e. The van der Waals surface area contributed by atoms with Gasteiger partial charge in [-0.3, -0.25) is 4.79 Å². The molecule has 0 bridgehead atoms. The Morgan fingerprint density at radius 3 is 2.67 bits per heavy atom. The van der Waals surface area contributed by atoms with Crippen molar-refractivity contribution < 1.29 is 4.42 Å². The zero-order chi connectivity index (χ0) is 18.7. The SMILES string of the molecule is Cc1ccc2oc3nc(N)c(-c4nc5ccccc5n4C)cc3c(=O)c2c1. The average molecular weight is 356 g/mol. The number of anilines is 1. The number of rotatable bonds is 1. The monoisotopic (exact) mass is 356 g/mol. The summed E-state index contributed by atoms with van der Waals surface area (Å²) in [6.07, 6.45) is 0. The summed E-state index contributed by atoms with van der Waals surface area (Å²) in [4.78, 5) is 22.0. The molecule has 0 atom stereocenters. The van der Waals surface area contributed by atoms with Crippen molar-refractivity contribution in [2.75, 3.05) is 5.73 Å². The van der Waals surface area contributed by atoms with Gasteiger partial charge in [-0.15, -0.1) is 0 Å². The van der Waals surface area contributed by atoms with Crippen LogP contribution in [0.2, 0.25) is 0 Å². The van der Waals surface area contributed by atoms with Gasteiger partial charge in [-0.25, -0.2) is 4.98 Å². The van der Waals surface area contributed by atoms with Gasteiger partial charge >= 0.3 is 0 Å². The molecule has 2 N–H and O–H groups in total. The second-order valence-corrected chi connectivity index (χ2v) is 6.69. The van der Waals surface area contributed by atoms with Crippen LogP contribution in [0.1, 0.15) is 5.56 Å². The third-order valence-corrected chi connectivity index (χ3v) is 4.88. The number of pyridine rings is 1. The van der Waals surface area contributed by atoms with E-state index in [0.717, 1.165) is 16.6 Å². The van der Waals surface area contributed by atoms with E-state index in [1.807, 2.05) is 54.9 Å². The van der Waals surface area contributed by atoms with Gasteiger partial charge < -0.3 is 14.7 Å². The predicted molar refractivity (Wildman–Crippen MR) is 107 cm³/mol. The molecule has 2 aromatic carbocycles. The highest BCUT2D eigenvalue weighted by Crippen LogP contribution is 2.30. The third kappa shape index (κ3) is 2.23. The van der Waals surface area contributed by atoms with Crippen LogP contribution < -0.4 is 11.2 Å². The number of para-hydroxylation sites is 2. The van der Waals surface area contributed by atoms with Crippen molar-refractivity contribution >= 4 is 38.9 Å². The minimum absolute atomic E-state index is 0.123. The lowest BCUT2D eigenvalue weighted by atomic mass is 10.1. The van der Waals surface area contributed by atoms with Crippen LogP contribution in [-0.4, -0.2) is 14.5 Å². The van der Waals surface area contributed by atoms with Crippen molar-refractivity contribution in [3.05, 3.63) is 64.3 Å². The molecule has 0 aliphatic carbocycles. The Balaban J connectivity index is 1.86. The fourth-order valence-corrected chi connectivity index (χ4v) is 3.48. The minimum atomic E-state index is -0.123. The fraction of sp³-hybridized carbons (Fsp3) is 0.0952. The number of hydrogen-bond donors (Lipinski definition) is 1. The number of aromatic nitrogens is 3. The summed E-state index contributed by atoms with van der Waals surface area (Å²) in [5.74, 6) is 0.933. The van der Waals surface area contributed by atoms with Crippen LogP contribution in [0.4, 0.5) is 5.82 Å². The molecule has 0 aliphatic rings. The standard InChI is InChI=1S/C21H16N4O2/c1-11-7-8-17-12(9-11)18(26)13-10-14(19(22)24-21(13)27-17)20-23-15-5-3-4-6-16(15)25(20)2/h3-10H,1-2H3,(H2,22,24). The minimum Gasteiger partial charge on any atom is -0.437 e. The van der Waals surface area contributed by atoms with E-state index < -0.39 is 0 Å². The summed E-state index contributed by atoms with van der Waals surface area (Å²) in [6, 6.07) is 15.0. The quantitative estimate of drug-likeness (QED) is 0.462. The molecule has 5 rings (SSSR count). The third-order valence-electron chi connectivity index (χ3n) is 4.88. The van der Waals surface area contributed by atoms with Crippen molar-refractivity contribution in [2.45, 2.75) is 6.92 Å². The van der Waals surface area contributed by atoms with Crippen LogP contribution in [0.25, 0.3) is 44.5 Å². The molecule has 0 fully saturated rings. The summed E-state index contributed by atoms with van der Waals surface area (Å²) >= 11 is 0. The van der Waals surface area contributed by atoms with E-state index in [0.29, 0.717) is 27.7 Å². The first-order valence-electron chi connectivity index (χ1n) is 8.58. The van der Waals surface area contributed by atoms with Gasteiger partial charge in [0.05, 0.1) is 27.4 Å². The molecule has 6 heteroatoms. The van der Waals surface area contributed by atoms with Crippen LogP contribution in [0.3, 0.4) is 0 Å². The zero-order valence-electron chi connectivity index (χ0n) is 14.9. The highest BCUT2D eigenvalue weighted by atomic mass is 16.3. The van der Waals surface area contributed by atoms with E-state index in [1.54, 1.807) is 12.1 Å². The number of nitrogen functional groups attached to an aromatic ring is 1. The molecule has 0 saturated heterocycles. The number of imidazole rings is 1. The van der Waals surface area contributed by atoms with E-state index in [1.165, 1.54) is 0 Å². The zero-order valence-corrected chi connectivity index (χ0v) is 14.9. The number of aryl methyl sites for hydroxylation is 2. The first-order chi connectivity index (χ1) is 13.0. The maximum Gasteiger partial charge on any atom is 0.232 e. The molecule has 0 unspecified atom stereocenters. The summed E-state index contributed by atoms with van der Waals surface area (Å²) in [5, 5.41) is 0.925. The molecule has 0 aliphatic heterocycles. The normalized spacial score (nSPS) is 11.6. The summed E-state index contributed by atoms with van der Waals surface area (Å²) < 4.78 is 7.77. The van der Waals surface area contributed by atoms with Crippen molar-refractivity contribution in [3.8, 4) is 11.4 Å². The maximum absolute atomic E-state index is 13.0. The van der Waals surface area contributed by atoms with E-state index in [2.05, 4.69) is 9.97 Å². The first-order valence-corrected chi connectivity index (χ1v) is 8.58. The summed E-state index contributed by atoms with van der Waals surface area (Å²) in [5.41, 5.74) is 10.3. The number of nitrogens with zero attached hydrogens (tertiary/aromatic N) is 3. The van der Waals surface area contributed by atoms with Gasteiger partial charge in [0.25, 0.3) is 0 Å². The second-order valence-electron chi connectivity index (χ2n) is 6.69. The Morgan fingerprint density at radius 1 is 1.04 bits per heavy atom. The molecule has 27 heavy (non-hydrogen) atoms. The lowest BCUT2D eigenvalue weighted by Crippen LogP contribution is -2.06. The Morgan fingerprint density at radius 2 is 1.85 bits per heavy atom. The van der Waals surface area contributed by atoms with Crippen LogP contribution in [-0.2, 0) is 7.05 Å². The Kier molecular flexibility index (Phi) is 3.12. The number of fused-ring (bicyclic) bond motifs is 3. The summed E-state index contributed by atoms with van der Waals surface area (Å²) in [6.45, 7) is 1.94. The van der Waals surface area contributed by atoms with Gasteiger partial charge in [-0.05, 0) is 37.3 Å². The molecule has 5 aromatic rings. The lowest BCUT2D eigenvalue weighted by molar-refractivity contribution is 0.645. The first kappa shape index (κ1) is 15.6. The Hall–Kier alpha value is -3.67. The number of nitrogens with two attached hydrogens (primary N) is 1. The Bertz CT molecular complexity index is 1430. The summed E-state index contributed by atoms with van der Waals surface area (Å²) in [7, 11) is 1.92. The van der Waals surface area contributed by atoms with Crippen LogP contribution in [0, 0.1) is 6.92 Å². The molecule has 3 heterocycles. The highest BCUT2D eigenvalue weighted by Gasteiger charge is 2.17. The van der Waals surface area contributed by atoms with E-state index >= 15 is 0 Å². The molecule has 132 valence electrons. The maximum atomic E-state index is 13.0. The highest BCUT2D eigenvalue weighted by molar-refractivity contribution is 5.93. The molecule has 0 amide bonds. The molecular weight excluding hydrogens is 340 g/mol.